The molecule has 0 radical (unpaired) electrons. The third-order valence-electron chi connectivity index (χ3n) is 4.45. The largest absolute Gasteiger partial charge is 0.489 e. The number of hydrogen-bond donors (Lipinski definition) is 1. The van der Waals surface area contributed by atoms with Crippen LogP contribution in [0.15, 0.2) is 24.8 Å². The number of nitrogens with one attached hydrogen (secondary N) is 1. The number of carbonyl (C=O) groups excluding carboxylic acids is 2. The molecule has 0 bridgehead atoms. The Hall–Kier alpha value is -1.72. The van der Waals surface area contributed by atoms with Crippen LogP contribution < -0.4 is 10.1 Å². The van der Waals surface area contributed by atoms with Gasteiger partial charge in [-0.2, -0.15) is 0 Å². The smallest absolute Gasteiger partial charge is 0.245 e. The molecule has 5 nitrogen and oxygen atoms in total. The molecule has 1 N–H and O–H groups in total. The van der Waals surface area contributed by atoms with Crippen LogP contribution in [0.5, 0.6) is 5.75 Å². The molecule has 2 aliphatic rings. The summed E-state index contributed by atoms with van der Waals surface area (Å²) in [5.41, 5.74) is 0.826. The number of benzene rings is 1. The summed E-state index contributed by atoms with van der Waals surface area (Å²) in [5, 5.41) is 3.79. The van der Waals surface area contributed by atoms with Crippen molar-refractivity contribution in [1.82, 2.24) is 10.2 Å². The van der Waals surface area contributed by atoms with Crippen LogP contribution in [-0.2, 0) is 9.59 Å². The molecule has 0 aromatic heterocycles. The topological polar surface area (TPSA) is 58.6 Å². The molecule has 1 aromatic rings. The minimum atomic E-state index is -0.257. The van der Waals surface area contributed by atoms with Crippen LogP contribution in [0, 0.1) is 5.92 Å². The minimum absolute atomic E-state index is 0.0796. The number of likely N-dealkylation sites (tertiary alicyclic amines) is 1. The highest BCUT2D eigenvalue weighted by molar-refractivity contribution is 6.43. The van der Waals surface area contributed by atoms with E-state index >= 15 is 0 Å². The van der Waals surface area contributed by atoms with E-state index < -0.39 is 0 Å². The molecule has 0 saturated carbocycles. The molecule has 2 aliphatic heterocycles. The van der Waals surface area contributed by atoms with Gasteiger partial charge in [0.05, 0.1) is 17.0 Å². The highest BCUT2D eigenvalue weighted by Gasteiger charge is 2.32. The first kappa shape index (κ1) is 17.1. The van der Waals surface area contributed by atoms with E-state index in [1.54, 1.807) is 11.0 Å². The van der Waals surface area contributed by atoms with Crippen LogP contribution >= 0.6 is 23.2 Å². The fourth-order valence-electron chi connectivity index (χ4n) is 3.15. The SMILES string of the molecule is C=CC(=O)N1CCCC(C(=O)NC2COc3c2ccc(Cl)c3Cl)C1. The molecule has 1 aromatic carbocycles. The Balaban J connectivity index is 1.68. The van der Waals surface area contributed by atoms with E-state index in [0.29, 0.717) is 35.5 Å². The first-order valence-electron chi connectivity index (χ1n) is 7.83. The minimum Gasteiger partial charge on any atom is -0.489 e. The maximum Gasteiger partial charge on any atom is 0.245 e. The third-order valence-corrected chi connectivity index (χ3v) is 5.23. The number of fused-ring (bicyclic) bond motifs is 1. The molecule has 2 amide bonds. The van der Waals surface area contributed by atoms with Gasteiger partial charge >= 0.3 is 0 Å². The zero-order valence-electron chi connectivity index (χ0n) is 13.1. The van der Waals surface area contributed by atoms with Gasteiger partial charge in [0, 0.05) is 18.7 Å². The second-order valence-corrected chi connectivity index (χ2v) is 6.76. The Labute approximate surface area is 150 Å². The van der Waals surface area contributed by atoms with Crippen molar-refractivity contribution >= 4 is 35.0 Å². The van der Waals surface area contributed by atoms with Crippen LogP contribution in [-0.4, -0.2) is 36.4 Å². The van der Waals surface area contributed by atoms with E-state index in [1.807, 2.05) is 6.07 Å². The normalized spacial score (nSPS) is 22.5. The number of amides is 2. The molecule has 2 unspecified atom stereocenters. The molecule has 128 valence electrons. The van der Waals surface area contributed by atoms with Crippen LogP contribution in [0.25, 0.3) is 0 Å². The predicted molar refractivity (Wildman–Crippen MR) is 92.3 cm³/mol. The number of rotatable bonds is 3. The monoisotopic (exact) mass is 368 g/mol. The lowest BCUT2D eigenvalue weighted by molar-refractivity contribution is -0.132. The molecule has 0 spiro atoms. The summed E-state index contributed by atoms with van der Waals surface area (Å²) in [5.74, 6) is 0.0867. The van der Waals surface area contributed by atoms with Gasteiger partial charge in [-0.3, -0.25) is 9.59 Å². The van der Waals surface area contributed by atoms with Gasteiger partial charge in [-0.1, -0.05) is 35.8 Å². The average Bonchev–Trinajstić information content (AvgIpc) is 3.01. The molecule has 24 heavy (non-hydrogen) atoms. The molecule has 3 rings (SSSR count). The van der Waals surface area contributed by atoms with Gasteiger partial charge in [-0.05, 0) is 25.0 Å². The molecule has 2 heterocycles. The number of hydrogen-bond acceptors (Lipinski definition) is 3. The molecule has 0 aliphatic carbocycles. The van der Waals surface area contributed by atoms with E-state index in [4.69, 9.17) is 27.9 Å². The van der Waals surface area contributed by atoms with Crippen molar-refractivity contribution in [1.29, 1.82) is 0 Å². The lowest BCUT2D eigenvalue weighted by Gasteiger charge is -2.31. The first-order chi connectivity index (χ1) is 11.5. The molecule has 1 fully saturated rings. The maximum atomic E-state index is 12.6. The van der Waals surface area contributed by atoms with Crippen LogP contribution in [0.1, 0.15) is 24.4 Å². The summed E-state index contributed by atoms with van der Waals surface area (Å²) < 4.78 is 5.58. The van der Waals surface area contributed by atoms with Gasteiger partial charge in [0.25, 0.3) is 0 Å². The van der Waals surface area contributed by atoms with E-state index in [9.17, 15) is 9.59 Å². The second kappa shape index (κ2) is 7.03. The summed E-state index contributed by atoms with van der Waals surface area (Å²) in [6.45, 7) is 4.90. The van der Waals surface area contributed by atoms with Crippen molar-refractivity contribution in [3.63, 3.8) is 0 Å². The van der Waals surface area contributed by atoms with Crippen molar-refractivity contribution in [2.24, 2.45) is 5.92 Å². The Morgan fingerprint density at radius 2 is 2.17 bits per heavy atom. The third kappa shape index (κ3) is 3.23. The predicted octanol–water partition coefficient (Wildman–Crippen LogP) is 2.97. The van der Waals surface area contributed by atoms with Crippen molar-refractivity contribution in [2.45, 2.75) is 18.9 Å². The van der Waals surface area contributed by atoms with Crippen molar-refractivity contribution in [2.75, 3.05) is 19.7 Å². The van der Waals surface area contributed by atoms with Gasteiger partial charge in [0.2, 0.25) is 11.8 Å². The van der Waals surface area contributed by atoms with Gasteiger partial charge in [0.15, 0.2) is 0 Å². The molecule has 2 atom stereocenters. The standard InChI is InChI=1S/C17H18Cl2N2O3/c1-2-14(22)21-7-3-4-10(8-21)17(23)20-13-9-24-16-11(13)5-6-12(18)15(16)19/h2,5-6,10,13H,1,3-4,7-9H2,(H,20,23). The zero-order chi connectivity index (χ0) is 17.3. The van der Waals surface area contributed by atoms with Crippen molar-refractivity contribution in [3.8, 4) is 5.75 Å². The lowest BCUT2D eigenvalue weighted by atomic mass is 9.96. The second-order valence-electron chi connectivity index (χ2n) is 5.98. The van der Waals surface area contributed by atoms with E-state index in [2.05, 4.69) is 11.9 Å². The van der Waals surface area contributed by atoms with Crippen LogP contribution in [0.2, 0.25) is 10.0 Å². The highest BCUT2D eigenvalue weighted by atomic mass is 35.5. The first-order valence-corrected chi connectivity index (χ1v) is 8.59. The summed E-state index contributed by atoms with van der Waals surface area (Å²) >= 11 is 12.1. The number of carbonyl (C=O) groups is 2. The number of halogens is 2. The van der Waals surface area contributed by atoms with E-state index in [-0.39, 0.29) is 23.8 Å². The van der Waals surface area contributed by atoms with Crippen LogP contribution in [0.3, 0.4) is 0 Å². The number of ether oxygens (including phenoxy) is 1. The summed E-state index contributed by atoms with van der Waals surface area (Å²) in [6.07, 6.45) is 2.85. The van der Waals surface area contributed by atoms with E-state index in [0.717, 1.165) is 18.4 Å². The van der Waals surface area contributed by atoms with Crippen molar-refractivity contribution < 1.29 is 14.3 Å². The van der Waals surface area contributed by atoms with Crippen LogP contribution in [0.4, 0.5) is 0 Å². The van der Waals surface area contributed by atoms with Gasteiger partial charge < -0.3 is 15.0 Å². The number of piperidine rings is 1. The Bertz CT molecular complexity index is 693. The average molecular weight is 369 g/mol. The van der Waals surface area contributed by atoms with Crippen molar-refractivity contribution in [3.05, 3.63) is 40.4 Å². The Morgan fingerprint density at radius 1 is 1.38 bits per heavy atom. The fourth-order valence-corrected chi connectivity index (χ4v) is 3.53. The molecule has 7 heteroatoms. The summed E-state index contributed by atoms with van der Waals surface area (Å²) in [7, 11) is 0. The molecular formula is C17H18Cl2N2O3. The zero-order valence-corrected chi connectivity index (χ0v) is 14.6. The lowest BCUT2D eigenvalue weighted by Crippen LogP contribution is -2.45. The fraction of sp³-hybridized carbons (Fsp3) is 0.412. The highest BCUT2D eigenvalue weighted by Crippen LogP contribution is 2.42. The van der Waals surface area contributed by atoms with Gasteiger partial charge in [-0.25, -0.2) is 0 Å². The Morgan fingerprint density at radius 3 is 2.92 bits per heavy atom. The molecule has 1 saturated heterocycles. The summed E-state index contributed by atoms with van der Waals surface area (Å²) in [4.78, 5) is 26.0. The van der Waals surface area contributed by atoms with Gasteiger partial charge in [-0.15, -0.1) is 0 Å². The quantitative estimate of drug-likeness (QED) is 0.834. The number of nitrogens with zero attached hydrogens (tertiary/aromatic N) is 1. The molecular weight excluding hydrogens is 351 g/mol. The Kier molecular flexibility index (Phi) is 5.01. The summed E-state index contributed by atoms with van der Waals surface area (Å²) in [6, 6.07) is 3.25. The van der Waals surface area contributed by atoms with Gasteiger partial charge in [0.1, 0.15) is 17.4 Å². The maximum absolute atomic E-state index is 12.6. The van der Waals surface area contributed by atoms with E-state index in [1.165, 1.54) is 6.08 Å².